The van der Waals surface area contributed by atoms with E-state index in [1.54, 1.807) is 24.3 Å². The molecule has 0 bridgehead atoms. The number of likely N-dealkylation sites (tertiary alicyclic amines) is 1. The fourth-order valence-electron chi connectivity index (χ4n) is 5.64. The Bertz CT molecular complexity index is 1130. The van der Waals surface area contributed by atoms with Gasteiger partial charge in [-0.25, -0.2) is 8.42 Å². The van der Waals surface area contributed by atoms with E-state index in [2.05, 4.69) is 33.6 Å². The Morgan fingerprint density at radius 1 is 0.949 bits per heavy atom. The van der Waals surface area contributed by atoms with Crippen molar-refractivity contribution >= 4 is 34.0 Å². The first-order chi connectivity index (χ1) is 18.3. The number of carbonyl (C=O) groups excluding carboxylic acids is 1. The highest BCUT2D eigenvalue weighted by atomic mass is 35.5. The van der Waals surface area contributed by atoms with Gasteiger partial charge in [-0.2, -0.15) is 0 Å². The summed E-state index contributed by atoms with van der Waals surface area (Å²) in [5.41, 5.74) is 1.75. The number of rotatable bonds is 11. The van der Waals surface area contributed by atoms with Gasteiger partial charge in [0.2, 0.25) is 15.9 Å². The minimum absolute atomic E-state index is 0. The zero-order valence-electron chi connectivity index (χ0n) is 23.3. The molecule has 2 fully saturated rings. The van der Waals surface area contributed by atoms with Gasteiger partial charge in [0, 0.05) is 43.8 Å². The molecular formula is C30H44ClN3O4S. The summed E-state index contributed by atoms with van der Waals surface area (Å²) < 4.78 is 31.1. The zero-order valence-corrected chi connectivity index (χ0v) is 24.9. The van der Waals surface area contributed by atoms with Crippen LogP contribution in [0.5, 0.6) is 11.5 Å². The Labute approximate surface area is 240 Å². The van der Waals surface area contributed by atoms with Gasteiger partial charge in [0.05, 0.1) is 6.26 Å². The lowest BCUT2D eigenvalue weighted by molar-refractivity contribution is -0.140. The number of amides is 1. The Morgan fingerprint density at radius 3 is 2.10 bits per heavy atom. The van der Waals surface area contributed by atoms with Crippen LogP contribution in [0.25, 0.3) is 0 Å². The summed E-state index contributed by atoms with van der Waals surface area (Å²) in [7, 11) is -3.30. The van der Waals surface area contributed by atoms with Crippen LogP contribution >= 0.6 is 12.4 Å². The van der Waals surface area contributed by atoms with E-state index in [4.69, 9.17) is 4.74 Å². The molecule has 1 saturated carbocycles. The average molecular weight is 578 g/mol. The van der Waals surface area contributed by atoms with Crippen molar-refractivity contribution in [3.05, 3.63) is 54.1 Å². The zero-order chi connectivity index (χ0) is 27.0. The van der Waals surface area contributed by atoms with Gasteiger partial charge in [-0.05, 0) is 74.1 Å². The number of piperidine rings is 1. The van der Waals surface area contributed by atoms with Crippen molar-refractivity contribution in [1.82, 2.24) is 9.80 Å². The van der Waals surface area contributed by atoms with Gasteiger partial charge in [0.15, 0.2) is 0 Å². The maximum absolute atomic E-state index is 13.4. The van der Waals surface area contributed by atoms with Gasteiger partial charge in [0.1, 0.15) is 11.5 Å². The number of benzene rings is 2. The summed E-state index contributed by atoms with van der Waals surface area (Å²) in [5, 5.41) is 0. The van der Waals surface area contributed by atoms with E-state index in [-0.39, 0.29) is 18.3 Å². The van der Waals surface area contributed by atoms with Crippen molar-refractivity contribution in [3.8, 4) is 11.5 Å². The lowest BCUT2D eigenvalue weighted by Gasteiger charge is -2.40. The van der Waals surface area contributed by atoms with Crippen molar-refractivity contribution in [3.63, 3.8) is 0 Å². The van der Waals surface area contributed by atoms with Crippen LogP contribution in [0.15, 0.2) is 48.5 Å². The van der Waals surface area contributed by atoms with Crippen LogP contribution in [0.3, 0.4) is 0 Å². The van der Waals surface area contributed by atoms with Crippen molar-refractivity contribution in [2.75, 3.05) is 30.6 Å². The molecule has 7 nitrogen and oxygen atoms in total. The number of hydrogen-bond acceptors (Lipinski definition) is 5. The van der Waals surface area contributed by atoms with Gasteiger partial charge in [-0.15, -0.1) is 12.4 Å². The predicted molar refractivity (Wildman–Crippen MR) is 160 cm³/mol. The Morgan fingerprint density at radius 2 is 1.54 bits per heavy atom. The molecule has 1 amide bonds. The molecule has 1 heterocycles. The summed E-state index contributed by atoms with van der Waals surface area (Å²) in [4.78, 5) is 18.1. The van der Waals surface area contributed by atoms with Crippen LogP contribution in [0.2, 0.25) is 0 Å². The van der Waals surface area contributed by atoms with Crippen LogP contribution in [-0.2, 0) is 21.4 Å². The standard InChI is InChI=1S/C30H43N3O4S.ClH/c1-3-4-20-33(30(34)25-8-6-5-7-9-25)27-18-21-32(22-19-27)23-24-10-14-28(15-11-24)37-29-16-12-26(13-17-29)31-38(2,35)36;/h10-17,25,27,31H,3-9,18-23H2,1-2H3;1H. The average Bonchev–Trinajstić information content (AvgIpc) is 2.91. The summed E-state index contributed by atoms with van der Waals surface area (Å²) in [6.07, 6.45) is 11.3. The lowest BCUT2D eigenvalue weighted by Crippen LogP contribution is -2.49. The van der Waals surface area contributed by atoms with Crippen LogP contribution in [-0.4, -0.2) is 56.1 Å². The third-order valence-corrected chi connectivity index (χ3v) is 8.32. The molecule has 0 atom stereocenters. The fraction of sp³-hybridized carbons (Fsp3) is 0.567. The van der Waals surface area contributed by atoms with Gasteiger partial charge in [0.25, 0.3) is 0 Å². The number of nitrogens with zero attached hydrogens (tertiary/aromatic N) is 2. The maximum Gasteiger partial charge on any atom is 0.229 e. The normalized spacial score (nSPS) is 17.3. The van der Waals surface area contributed by atoms with Crippen LogP contribution in [0.4, 0.5) is 5.69 Å². The van der Waals surface area contributed by atoms with Gasteiger partial charge < -0.3 is 9.64 Å². The first-order valence-corrected chi connectivity index (χ1v) is 16.1. The number of anilines is 1. The lowest BCUT2D eigenvalue weighted by atomic mass is 9.87. The van der Waals surface area contributed by atoms with E-state index in [1.807, 2.05) is 12.1 Å². The van der Waals surface area contributed by atoms with Crippen LogP contribution in [0.1, 0.15) is 70.3 Å². The molecule has 4 rings (SSSR count). The second-order valence-electron chi connectivity index (χ2n) is 10.9. The summed E-state index contributed by atoms with van der Waals surface area (Å²) in [5.74, 6) is 2.06. The van der Waals surface area contributed by atoms with Crippen molar-refractivity contribution < 1.29 is 17.9 Å². The predicted octanol–water partition coefficient (Wildman–Crippen LogP) is 6.45. The Hall–Kier alpha value is -2.29. The van der Waals surface area contributed by atoms with E-state index >= 15 is 0 Å². The maximum atomic E-state index is 13.4. The molecule has 0 radical (unpaired) electrons. The molecule has 1 N–H and O–H groups in total. The monoisotopic (exact) mass is 577 g/mol. The third-order valence-electron chi connectivity index (χ3n) is 7.71. The van der Waals surface area contributed by atoms with E-state index in [0.717, 1.165) is 76.7 Å². The van der Waals surface area contributed by atoms with Crippen molar-refractivity contribution in [2.45, 2.75) is 77.3 Å². The smallest absolute Gasteiger partial charge is 0.229 e. The highest BCUT2D eigenvalue weighted by molar-refractivity contribution is 7.92. The molecule has 2 aromatic carbocycles. The van der Waals surface area contributed by atoms with Crippen LogP contribution in [0, 0.1) is 5.92 Å². The number of halogens is 1. The highest BCUT2D eigenvalue weighted by Crippen LogP contribution is 2.29. The Kier molecular flexibility index (Phi) is 11.9. The van der Waals surface area contributed by atoms with E-state index in [0.29, 0.717) is 23.4 Å². The summed E-state index contributed by atoms with van der Waals surface area (Å²) in [6.45, 7) is 6.03. The number of sulfonamides is 1. The molecule has 0 aromatic heterocycles. The summed E-state index contributed by atoms with van der Waals surface area (Å²) >= 11 is 0. The fourth-order valence-corrected chi connectivity index (χ4v) is 6.20. The highest BCUT2D eigenvalue weighted by Gasteiger charge is 2.32. The number of unbranched alkanes of at least 4 members (excludes halogenated alkanes) is 1. The largest absolute Gasteiger partial charge is 0.457 e. The molecule has 1 aliphatic heterocycles. The van der Waals surface area contributed by atoms with Crippen LogP contribution < -0.4 is 9.46 Å². The van der Waals surface area contributed by atoms with Gasteiger partial charge in [-0.1, -0.05) is 44.7 Å². The SMILES string of the molecule is CCCCN(C(=O)C1CCCCC1)C1CCN(Cc2ccc(Oc3ccc(NS(C)(=O)=O)cc3)cc2)CC1.Cl. The number of ether oxygens (including phenoxy) is 1. The molecule has 39 heavy (non-hydrogen) atoms. The minimum atomic E-state index is -3.30. The molecule has 1 aliphatic carbocycles. The first kappa shape index (κ1) is 31.2. The first-order valence-electron chi connectivity index (χ1n) is 14.2. The summed E-state index contributed by atoms with van der Waals surface area (Å²) in [6, 6.07) is 15.4. The second kappa shape index (κ2) is 14.9. The number of nitrogens with one attached hydrogen (secondary N) is 1. The minimum Gasteiger partial charge on any atom is -0.457 e. The van der Waals surface area contributed by atoms with E-state index < -0.39 is 10.0 Å². The van der Waals surface area contributed by atoms with Crippen molar-refractivity contribution in [1.29, 1.82) is 0 Å². The quantitative estimate of drug-likeness (QED) is 0.332. The van der Waals surface area contributed by atoms with E-state index in [9.17, 15) is 13.2 Å². The second-order valence-corrected chi connectivity index (χ2v) is 12.6. The topological polar surface area (TPSA) is 79.0 Å². The van der Waals surface area contributed by atoms with E-state index in [1.165, 1.54) is 24.8 Å². The molecule has 1 saturated heterocycles. The van der Waals surface area contributed by atoms with Gasteiger partial charge in [-0.3, -0.25) is 14.4 Å². The molecule has 216 valence electrons. The molecule has 2 aliphatic rings. The Balaban J connectivity index is 0.00000420. The third kappa shape index (κ3) is 9.69. The molecule has 0 spiro atoms. The molecule has 0 unspecified atom stereocenters. The number of hydrogen-bond donors (Lipinski definition) is 1. The molecular weight excluding hydrogens is 534 g/mol. The molecule has 9 heteroatoms. The van der Waals surface area contributed by atoms with Crippen molar-refractivity contribution in [2.24, 2.45) is 5.92 Å². The van der Waals surface area contributed by atoms with Gasteiger partial charge >= 0.3 is 0 Å². The number of carbonyl (C=O) groups is 1. The molecule has 2 aromatic rings.